The number of hydrogen-bond acceptors (Lipinski definition) is 5. The number of piperidine rings is 1. The minimum absolute atomic E-state index is 0.0461. The molecule has 9 nitrogen and oxygen atoms in total. The first kappa shape index (κ1) is 28.1. The molecule has 1 atom stereocenters. The van der Waals surface area contributed by atoms with E-state index < -0.39 is 22.0 Å². The Hall–Kier alpha value is -4.44. The fourth-order valence-corrected chi connectivity index (χ4v) is 6.69. The van der Waals surface area contributed by atoms with Gasteiger partial charge in [0.15, 0.2) is 0 Å². The summed E-state index contributed by atoms with van der Waals surface area (Å²) < 4.78 is 27.7. The molecule has 10 heteroatoms. The lowest BCUT2D eigenvalue weighted by Crippen LogP contribution is -2.53. The quantitative estimate of drug-likeness (QED) is 0.465. The predicted molar refractivity (Wildman–Crippen MR) is 155 cm³/mol. The zero-order valence-corrected chi connectivity index (χ0v) is 23.5. The number of carbonyl (C=O) groups excluding carboxylic acids is 3. The molecule has 0 unspecified atom stereocenters. The van der Waals surface area contributed by atoms with Gasteiger partial charge in [0.2, 0.25) is 11.8 Å². The van der Waals surface area contributed by atoms with Gasteiger partial charge in [-0.15, -0.1) is 0 Å². The van der Waals surface area contributed by atoms with Gasteiger partial charge in [-0.2, -0.15) is 0 Å². The van der Waals surface area contributed by atoms with E-state index in [4.69, 9.17) is 0 Å². The van der Waals surface area contributed by atoms with Gasteiger partial charge in [0.05, 0.1) is 11.3 Å². The van der Waals surface area contributed by atoms with Crippen LogP contribution in [0, 0.1) is 6.92 Å². The molecular weight excluding hydrogens is 540 g/mol. The third-order valence-electron chi connectivity index (χ3n) is 7.48. The normalized spacial score (nSPS) is 17.7. The number of amides is 3. The minimum Gasteiger partial charge on any atom is -0.342 e. The topological polar surface area (TPSA) is 107 Å². The second-order valence-corrected chi connectivity index (χ2v) is 12.0. The summed E-state index contributed by atoms with van der Waals surface area (Å²) in [7, 11) is -4.05. The number of rotatable bonds is 7. The summed E-state index contributed by atoms with van der Waals surface area (Å²) in [5, 5.41) is 2.53. The molecule has 3 amide bonds. The van der Waals surface area contributed by atoms with Crippen LogP contribution in [-0.4, -0.2) is 60.5 Å². The monoisotopic (exact) mass is 572 g/mol. The second-order valence-electron chi connectivity index (χ2n) is 10.2. The molecule has 3 aromatic rings. The first-order valence-corrected chi connectivity index (χ1v) is 15.0. The molecule has 41 heavy (non-hydrogen) atoms. The van der Waals surface area contributed by atoms with Crippen molar-refractivity contribution in [2.45, 2.75) is 43.2 Å². The molecule has 3 aromatic carbocycles. The fourth-order valence-electron chi connectivity index (χ4n) is 5.24. The van der Waals surface area contributed by atoms with E-state index in [1.54, 1.807) is 34.1 Å². The van der Waals surface area contributed by atoms with E-state index in [-0.39, 0.29) is 29.2 Å². The summed E-state index contributed by atoms with van der Waals surface area (Å²) >= 11 is 0. The van der Waals surface area contributed by atoms with Crippen molar-refractivity contribution in [1.29, 1.82) is 0 Å². The highest BCUT2D eigenvalue weighted by Crippen LogP contribution is 2.28. The Bertz CT molecular complexity index is 1530. The SMILES string of the molecule is Cc1ccc(S(=O)(=O)N2C=CNC(=O)[C@H]2CC(=O)N2CCC(N(C(=O)c3ccccc3)c3ccccc3)CC2)cc1. The first-order chi connectivity index (χ1) is 19.8. The zero-order valence-electron chi connectivity index (χ0n) is 22.7. The van der Waals surface area contributed by atoms with E-state index in [1.165, 1.54) is 24.5 Å². The number of benzene rings is 3. The van der Waals surface area contributed by atoms with Crippen LogP contribution in [0.5, 0.6) is 0 Å². The molecule has 1 saturated heterocycles. The summed E-state index contributed by atoms with van der Waals surface area (Å²) in [6.45, 7) is 2.61. The highest BCUT2D eigenvalue weighted by Gasteiger charge is 2.39. The van der Waals surface area contributed by atoms with Gasteiger partial charge in [-0.3, -0.25) is 18.7 Å². The Balaban J connectivity index is 1.29. The highest BCUT2D eigenvalue weighted by molar-refractivity contribution is 7.89. The maximum absolute atomic E-state index is 13.6. The standard InChI is InChI=1S/C31H32N4O5S/c1-23-12-14-27(15-13-23)41(39,40)34-21-18-32-30(37)28(34)22-29(36)33-19-16-26(17-20-33)35(25-10-6-3-7-11-25)31(38)24-8-4-2-5-9-24/h2-15,18,21,26,28H,16-17,19-20,22H2,1H3,(H,32,37)/t28-/m1/s1. The van der Waals surface area contributed by atoms with Gasteiger partial charge >= 0.3 is 0 Å². The van der Waals surface area contributed by atoms with Crippen LogP contribution in [0.2, 0.25) is 0 Å². The Kier molecular flexibility index (Phi) is 8.21. The number of sulfonamides is 1. The smallest absolute Gasteiger partial charge is 0.264 e. The van der Waals surface area contributed by atoms with Gasteiger partial charge in [0.25, 0.3) is 15.9 Å². The van der Waals surface area contributed by atoms with Crippen LogP contribution in [0.3, 0.4) is 0 Å². The first-order valence-electron chi connectivity index (χ1n) is 13.5. The summed E-state index contributed by atoms with van der Waals surface area (Å²) in [5.41, 5.74) is 2.28. The number of aryl methyl sites for hydroxylation is 1. The molecule has 212 valence electrons. The van der Waals surface area contributed by atoms with Crippen LogP contribution in [-0.2, 0) is 19.6 Å². The lowest BCUT2D eigenvalue weighted by molar-refractivity contribution is -0.136. The average Bonchev–Trinajstić information content (AvgIpc) is 2.99. The van der Waals surface area contributed by atoms with Gasteiger partial charge in [0, 0.05) is 42.8 Å². The molecule has 0 radical (unpaired) electrons. The minimum atomic E-state index is -4.05. The molecule has 2 heterocycles. The van der Waals surface area contributed by atoms with Crippen molar-refractivity contribution in [3.05, 3.63) is 108 Å². The number of para-hydroxylation sites is 1. The van der Waals surface area contributed by atoms with Crippen molar-refractivity contribution < 1.29 is 22.8 Å². The van der Waals surface area contributed by atoms with Crippen molar-refractivity contribution in [3.63, 3.8) is 0 Å². The number of nitrogens with one attached hydrogen (secondary N) is 1. The van der Waals surface area contributed by atoms with Gasteiger partial charge in [0.1, 0.15) is 6.04 Å². The third-order valence-corrected chi connectivity index (χ3v) is 9.28. The molecular formula is C31H32N4O5S. The lowest BCUT2D eigenvalue weighted by Gasteiger charge is -2.39. The molecule has 2 aliphatic rings. The van der Waals surface area contributed by atoms with E-state index in [2.05, 4.69) is 5.32 Å². The van der Waals surface area contributed by atoms with E-state index in [1.807, 2.05) is 55.5 Å². The predicted octanol–water partition coefficient (Wildman–Crippen LogP) is 3.68. The average molecular weight is 573 g/mol. The molecule has 0 spiro atoms. The van der Waals surface area contributed by atoms with Crippen LogP contribution < -0.4 is 10.2 Å². The molecule has 0 bridgehead atoms. The maximum Gasteiger partial charge on any atom is 0.264 e. The van der Waals surface area contributed by atoms with Crippen LogP contribution in [0.15, 0.2) is 102 Å². The second kappa shape index (κ2) is 12.0. The number of hydrogen-bond donors (Lipinski definition) is 1. The van der Waals surface area contributed by atoms with Crippen LogP contribution >= 0.6 is 0 Å². The Labute approximate surface area is 240 Å². The zero-order chi connectivity index (χ0) is 29.0. The maximum atomic E-state index is 13.6. The summed E-state index contributed by atoms with van der Waals surface area (Å²) in [6.07, 6.45) is 3.34. The summed E-state index contributed by atoms with van der Waals surface area (Å²) in [6, 6.07) is 23.6. The Morgan fingerprint density at radius 1 is 0.902 bits per heavy atom. The molecule has 0 aliphatic carbocycles. The van der Waals surface area contributed by atoms with Crippen molar-refractivity contribution in [3.8, 4) is 0 Å². The van der Waals surface area contributed by atoms with Crippen molar-refractivity contribution >= 4 is 33.4 Å². The number of nitrogens with zero attached hydrogens (tertiary/aromatic N) is 3. The fraction of sp³-hybridized carbons (Fsp3) is 0.258. The van der Waals surface area contributed by atoms with Crippen molar-refractivity contribution in [2.75, 3.05) is 18.0 Å². The van der Waals surface area contributed by atoms with Crippen LogP contribution in [0.4, 0.5) is 5.69 Å². The van der Waals surface area contributed by atoms with Crippen LogP contribution in [0.25, 0.3) is 0 Å². The molecule has 2 aliphatic heterocycles. The number of carbonyl (C=O) groups is 3. The molecule has 0 aromatic heterocycles. The molecule has 1 N–H and O–H groups in total. The van der Waals surface area contributed by atoms with Crippen LogP contribution in [0.1, 0.15) is 35.2 Å². The number of anilines is 1. The third kappa shape index (κ3) is 6.02. The van der Waals surface area contributed by atoms with E-state index in [0.29, 0.717) is 31.5 Å². The lowest BCUT2D eigenvalue weighted by atomic mass is 10.00. The van der Waals surface area contributed by atoms with E-state index in [9.17, 15) is 22.8 Å². The molecule has 0 saturated carbocycles. The Morgan fingerprint density at radius 2 is 1.51 bits per heavy atom. The van der Waals surface area contributed by atoms with Crippen molar-refractivity contribution in [1.82, 2.24) is 14.5 Å². The van der Waals surface area contributed by atoms with Gasteiger partial charge < -0.3 is 15.1 Å². The molecule has 1 fully saturated rings. The highest BCUT2D eigenvalue weighted by atomic mass is 32.2. The van der Waals surface area contributed by atoms with Crippen molar-refractivity contribution in [2.24, 2.45) is 0 Å². The Morgan fingerprint density at radius 3 is 2.15 bits per heavy atom. The van der Waals surface area contributed by atoms with Gasteiger partial charge in [-0.25, -0.2) is 8.42 Å². The molecule has 5 rings (SSSR count). The van der Waals surface area contributed by atoms with Gasteiger partial charge in [-0.05, 0) is 56.2 Å². The van der Waals surface area contributed by atoms with Gasteiger partial charge in [-0.1, -0.05) is 54.1 Å². The number of likely N-dealkylation sites (tertiary alicyclic amines) is 1. The summed E-state index contributed by atoms with van der Waals surface area (Å²) in [4.78, 5) is 43.2. The largest absolute Gasteiger partial charge is 0.342 e. The summed E-state index contributed by atoms with van der Waals surface area (Å²) in [5.74, 6) is -0.983. The van der Waals surface area contributed by atoms with E-state index in [0.717, 1.165) is 15.6 Å². The van der Waals surface area contributed by atoms with E-state index >= 15 is 0 Å².